The summed E-state index contributed by atoms with van der Waals surface area (Å²) < 4.78 is 10.4. The number of fused-ring (bicyclic) bond motifs is 1. The van der Waals surface area contributed by atoms with Crippen LogP contribution in [-0.2, 0) is 0 Å². The van der Waals surface area contributed by atoms with Crippen molar-refractivity contribution in [3.8, 4) is 11.5 Å². The zero-order chi connectivity index (χ0) is 14.7. The van der Waals surface area contributed by atoms with E-state index in [2.05, 4.69) is 5.32 Å². The highest BCUT2D eigenvalue weighted by Gasteiger charge is 2.16. The fraction of sp³-hybridized carbons (Fsp3) is 0.267. The number of nitrogens with one attached hydrogen (secondary N) is 1. The second-order valence-corrected chi connectivity index (χ2v) is 5.62. The van der Waals surface area contributed by atoms with E-state index < -0.39 is 6.10 Å². The summed E-state index contributed by atoms with van der Waals surface area (Å²) in [6.45, 7) is 0.597. The molecule has 0 saturated carbocycles. The number of aliphatic hydroxyl groups excluding tert-OH is 1. The largest absolute Gasteiger partial charge is 0.454 e. The van der Waals surface area contributed by atoms with Crippen molar-refractivity contribution in [1.82, 2.24) is 5.32 Å². The van der Waals surface area contributed by atoms with Crippen LogP contribution in [-0.4, -0.2) is 24.4 Å². The standard InChI is InChI=1S/C15H15NO4S/c17-11(14-2-1-7-21-14)5-6-16-15(18)10-3-4-12-13(8-10)20-9-19-12/h1-4,7-8,11,17H,5-6,9H2,(H,16,18)/t11-/m1/s1. The molecule has 3 rings (SSSR count). The predicted molar refractivity (Wildman–Crippen MR) is 78.8 cm³/mol. The molecule has 0 fully saturated rings. The molecule has 2 aromatic rings. The number of thiophene rings is 1. The first-order chi connectivity index (χ1) is 10.2. The molecular formula is C15H15NO4S. The van der Waals surface area contributed by atoms with Crippen molar-refractivity contribution in [1.29, 1.82) is 0 Å². The van der Waals surface area contributed by atoms with Gasteiger partial charge in [0.1, 0.15) is 0 Å². The molecule has 0 saturated heterocycles. The van der Waals surface area contributed by atoms with E-state index in [0.717, 1.165) is 4.88 Å². The average Bonchev–Trinajstić information content (AvgIpc) is 3.17. The first kappa shape index (κ1) is 13.9. The van der Waals surface area contributed by atoms with Gasteiger partial charge >= 0.3 is 0 Å². The summed E-state index contributed by atoms with van der Waals surface area (Å²) in [6.07, 6.45) is -0.0568. The number of carbonyl (C=O) groups is 1. The Morgan fingerprint density at radius 3 is 3.00 bits per heavy atom. The molecule has 2 heterocycles. The van der Waals surface area contributed by atoms with Crippen LogP contribution >= 0.6 is 11.3 Å². The maximum atomic E-state index is 12.0. The highest BCUT2D eigenvalue weighted by Crippen LogP contribution is 2.32. The van der Waals surface area contributed by atoms with Crippen molar-refractivity contribution < 1.29 is 19.4 Å². The topological polar surface area (TPSA) is 67.8 Å². The van der Waals surface area contributed by atoms with Crippen molar-refractivity contribution in [2.45, 2.75) is 12.5 Å². The number of ether oxygens (including phenoxy) is 2. The highest BCUT2D eigenvalue weighted by atomic mass is 32.1. The summed E-state index contributed by atoms with van der Waals surface area (Å²) in [5.41, 5.74) is 0.518. The molecule has 1 aromatic carbocycles. The van der Waals surface area contributed by atoms with Gasteiger partial charge in [0, 0.05) is 17.0 Å². The third kappa shape index (κ3) is 3.17. The maximum Gasteiger partial charge on any atom is 0.251 e. The molecule has 0 bridgehead atoms. The molecule has 5 nitrogen and oxygen atoms in total. The number of rotatable bonds is 5. The summed E-state index contributed by atoms with van der Waals surface area (Å²) in [4.78, 5) is 12.9. The highest BCUT2D eigenvalue weighted by molar-refractivity contribution is 7.10. The minimum Gasteiger partial charge on any atom is -0.454 e. The van der Waals surface area contributed by atoms with Crippen molar-refractivity contribution in [3.05, 3.63) is 46.2 Å². The maximum absolute atomic E-state index is 12.0. The summed E-state index contributed by atoms with van der Waals surface area (Å²) in [6, 6.07) is 8.85. The molecule has 110 valence electrons. The lowest BCUT2D eigenvalue weighted by Gasteiger charge is -2.10. The molecule has 0 aliphatic carbocycles. The zero-order valence-electron chi connectivity index (χ0n) is 11.2. The van der Waals surface area contributed by atoms with E-state index in [-0.39, 0.29) is 12.7 Å². The van der Waals surface area contributed by atoms with Gasteiger partial charge in [-0.1, -0.05) is 6.07 Å². The number of carbonyl (C=O) groups excluding carboxylic acids is 1. The second-order valence-electron chi connectivity index (χ2n) is 4.64. The SMILES string of the molecule is O=C(NCC[C@@H](O)c1cccs1)c1ccc2c(c1)OCO2. The van der Waals surface area contributed by atoms with Crippen LogP contribution in [0.25, 0.3) is 0 Å². The van der Waals surface area contributed by atoms with Crippen LogP contribution in [0.4, 0.5) is 0 Å². The van der Waals surface area contributed by atoms with Crippen LogP contribution < -0.4 is 14.8 Å². The Morgan fingerprint density at radius 2 is 2.19 bits per heavy atom. The summed E-state index contributed by atoms with van der Waals surface area (Å²) in [5.74, 6) is 1.05. The number of hydrogen-bond acceptors (Lipinski definition) is 5. The monoisotopic (exact) mass is 305 g/mol. The van der Waals surface area contributed by atoms with E-state index in [4.69, 9.17) is 9.47 Å². The lowest BCUT2D eigenvalue weighted by molar-refractivity contribution is 0.0943. The summed E-state index contributed by atoms with van der Waals surface area (Å²) in [7, 11) is 0. The fourth-order valence-electron chi connectivity index (χ4n) is 2.09. The van der Waals surface area contributed by atoms with E-state index in [1.54, 1.807) is 18.2 Å². The molecule has 1 aliphatic heterocycles. The van der Waals surface area contributed by atoms with Crippen molar-refractivity contribution >= 4 is 17.2 Å². The number of benzene rings is 1. The van der Waals surface area contributed by atoms with Crippen molar-refractivity contribution in [3.63, 3.8) is 0 Å². The Labute approximate surface area is 126 Å². The molecule has 0 spiro atoms. The Hall–Kier alpha value is -2.05. The third-order valence-corrected chi connectivity index (χ3v) is 4.18. The molecule has 21 heavy (non-hydrogen) atoms. The van der Waals surface area contributed by atoms with Crippen LogP contribution in [0.5, 0.6) is 11.5 Å². The Kier molecular flexibility index (Phi) is 4.08. The lowest BCUT2D eigenvalue weighted by Crippen LogP contribution is -2.25. The van der Waals surface area contributed by atoms with E-state index >= 15 is 0 Å². The molecule has 1 aliphatic rings. The summed E-state index contributed by atoms with van der Waals surface area (Å²) in [5, 5.41) is 14.7. The molecule has 1 amide bonds. The predicted octanol–water partition coefficient (Wildman–Crippen LogP) is 2.33. The van der Waals surface area contributed by atoms with Gasteiger partial charge < -0.3 is 19.9 Å². The van der Waals surface area contributed by atoms with Crippen LogP contribution in [0.3, 0.4) is 0 Å². The second kappa shape index (κ2) is 6.15. The zero-order valence-corrected chi connectivity index (χ0v) is 12.1. The Morgan fingerprint density at radius 1 is 1.33 bits per heavy atom. The first-order valence-electron chi connectivity index (χ1n) is 6.63. The van der Waals surface area contributed by atoms with Crippen LogP contribution in [0, 0.1) is 0 Å². The molecule has 0 radical (unpaired) electrons. The normalized spacial score (nSPS) is 14.0. The molecule has 2 N–H and O–H groups in total. The number of amides is 1. The lowest BCUT2D eigenvalue weighted by atomic mass is 10.1. The van der Waals surface area contributed by atoms with Gasteiger partial charge in [-0.25, -0.2) is 0 Å². The van der Waals surface area contributed by atoms with E-state index in [9.17, 15) is 9.90 Å². The number of hydrogen-bond donors (Lipinski definition) is 2. The van der Waals surface area contributed by atoms with Gasteiger partial charge in [-0.2, -0.15) is 0 Å². The third-order valence-electron chi connectivity index (χ3n) is 3.21. The fourth-order valence-corrected chi connectivity index (χ4v) is 2.83. The molecule has 0 unspecified atom stereocenters. The molecule has 1 aromatic heterocycles. The van der Waals surface area contributed by atoms with E-state index in [1.807, 2.05) is 17.5 Å². The van der Waals surface area contributed by atoms with Gasteiger partial charge in [-0.3, -0.25) is 4.79 Å². The minimum absolute atomic E-state index is 0.188. The smallest absolute Gasteiger partial charge is 0.251 e. The van der Waals surface area contributed by atoms with Gasteiger partial charge in [-0.15, -0.1) is 11.3 Å². The van der Waals surface area contributed by atoms with Gasteiger partial charge in [0.05, 0.1) is 6.10 Å². The van der Waals surface area contributed by atoms with Gasteiger partial charge in [0.25, 0.3) is 5.91 Å². The molecular weight excluding hydrogens is 290 g/mol. The van der Waals surface area contributed by atoms with E-state index in [0.29, 0.717) is 30.0 Å². The first-order valence-corrected chi connectivity index (χ1v) is 7.51. The van der Waals surface area contributed by atoms with Crippen LogP contribution in [0.1, 0.15) is 27.8 Å². The summed E-state index contributed by atoms with van der Waals surface area (Å²) >= 11 is 1.51. The van der Waals surface area contributed by atoms with Crippen LogP contribution in [0.15, 0.2) is 35.7 Å². The van der Waals surface area contributed by atoms with Gasteiger partial charge in [-0.05, 0) is 36.1 Å². The van der Waals surface area contributed by atoms with Crippen LogP contribution in [0.2, 0.25) is 0 Å². The quantitative estimate of drug-likeness (QED) is 0.889. The van der Waals surface area contributed by atoms with Gasteiger partial charge in [0.2, 0.25) is 6.79 Å². The van der Waals surface area contributed by atoms with Crippen molar-refractivity contribution in [2.24, 2.45) is 0 Å². The van der Waals surface area contributed by atoms with Crippen molar-refractivity contribution in [2.75, 3.05) is 13.3 Å². The van der Waals surface area contributed by atoms with E-state index in [1.165, 1.54) is 11.3 Å². The molecule has 6 heteroatoms. The Bertz CT molecular complexity index is 627. The Balaban J connectivity index is 1.52. The number of aliphatic hydroxyl groups is 1. The molecule has 1 atom stereocenters. The minimum atomic E-state index is -0.540. The average molecular weight is 305 g/mol. The van der Waals surface area contributed by atoms with Gasteiger partial charge in [0.15, 0.2) is 11.5 Å².